The third kappa shape index (κ3) is 3.82. The van der Waals surface area contributed by atoms with Crippen LogP contribution in [0.25, 0.3) is 10.9 Å². The second-order valence-corrected chi connectivity index (χ2v) is 7.10. The maximum atomic E-state index is 11.9. The van der Waals surface area contributed by atoms with E-state index >= 15 is 0 Å². The van der Waals surface area contributed by atoms with Gasteiger partial charge in [-0.15, -0.1) is 0 Å². The number of hydrogen-bond donors (Lipinski definition) is 2. The number of hydrogen-bond acceptors (Lipinski definition) is 1. The van der Waals surface area contributed by atoms with Crippen LogP contribution in [0.4, 0.5) is 0 Å². The van der Waals surface area contributed by atoms with Gasteiger partial charge in [-0.25, -0.2) is 0 Å². The molecule has 0 bridgehead atoms. The fourth-order valence-corrected chi connectivity index (χ4v) is 3.36. The molecule has 0 aliphatic rings. The molecule has 3 rings (SSSR count). The normalized spacial score (nSPS) is 11.0. The quantitative estimate of drug-likeness (QED) is 0.637. The van der Waals surface area contributed by atoms with Crippen LogP contribution < -0.4 is 5.32 Å². The van der Waals surface area contributed by atoms with Gasteiger partial charge in [0.25, 0.3) is 0 Å². The van der Waals surface area contributed by atoms with Crippen LogP contribution in [0.2, 0.25) is 5.02 Å². The van der Waals surface area contributed by atoms with Crippen LogP contribution in [0.1, 0.15) is 16.8 Å². The Bertz CT molecular complexity index is 871. The lowest BCUT2D eigenvalue weighted by atomic mass is 10.0. The number of carbonyl (C=O) groups excluding carboxylic acids is 1. The van der Waals surface area contributed by atoms with Gasteiger partial charge in [-0.1, -0.05) is 45.7 Å². The first kappa shape index (κ1) is 17.1. The van der Waals surface area contributed by atoms with Gasteiger partial charge in [-0.05, 0) is 48.2 Å². The number of aromatic nitrogens is 1. The summed E-state index contributed by atoms with van der Waals surface area (Å²) >= 11 is 9.44. The number of benzene rings is 2. The molecule has 0 saturated heterocycles. The van der Waals surface area contributed by atoms with Gasteiger partial charge in [0.2, 0.25) is 5.91 Å². The number of aryl methyl sites for hydroxylation is 2. The van der Waals surface area contributed by atoms with Crippen molar-refractivity contribution in [2.24, 2.45) is 0 Å². The first-order valence-electron chi connectivity index (χ1n) is 7.81. The summed E-state index contributed by atoms with van der Waals surface area (Å²) in [6.45, 7) is 0. The first-order chi connectivity index (χ1) is 11.6. The van der Waals surface area contributed by atoms with Gasteiger partial charge in [-0.2, -0.15) is 0 Å². The molecular weight excluding hydrogens is 388 g/mol. The number of aromatic amines is 1. The number of nitrogens with one attached hydrogen (secondary N) is 2. The van der Waals surface area contributed by atoms with Crippen LogP contribution in [0, 0.1) is 0 Å². The maximum Gasteiger partial charge on any atom is 0.224 e. The molecule has 0 unspecified atom stereocenters. The molecule has 0 spiro atoms. The summed E-state index contributed by atoms with van der Waals surface area (Å²) in [7, 11) is 1.67. The van der Waals surface area contributed by atoms with Gasteiger partial charge >= 0.3 is 0 Å². The molecule has 2 N–H and O–H groups in total. The fourth-order valence-electron chi connectivity index (χ4n) is 2.87. The molecule has 24 heavy (non-hydrogen) atoms. The van der Waals surface area contributed by atoms with Crippen molar-refractivity contribution in [2.45, 2.75) is 19.3 Å². The second kappa shape index (κ2) is 7.41. The Hall–Kier alpha value is -1.78. The second-order valence-electron chi connectivity index (χ2n) is 5.75. The third-order valence-corrected chi connectivity index (χ3v) is 4.89. The molecular formula is C19H18BrClN2O. The van der Waals surface area contributed by atoms with Gasteiger partial charge in [0.05, 0.1) is 6.42 Å². The van der Waals surface area contributed by atoms with Crippen LogP contribution in [-0.4, -0.2) is 17.9 Å². The highest BCUT2D eigenvalue weighted by Gasteiger charge is 2.14. The summed E-state index contributed by atoms with van der Waals surface area (Å²) in [5.41, 5.74) is 4.46. The molecule has 0 saturated carbocycles. The summed E-state index contributed by atoms with van der Waals surface area (Å²) in [4.78, 5) is 15.4. The largest absolute Gasteiger partial charge is 0.359 e. The number of rotatable bonds is 5. The lowest BCUT2D eigenvalue weighted by Crippen LogP contribution is -2.20. The smallest absolute Gasteiger partial charge is 0.224 e. The van der Waals surface area contributed by atoms with Crippen molar-refractivity contribution in [1.29, 1.82) is 0 Å². The molecule has 0 atom stereocenters. The van der Waals surface area contributed by atoms with Crippen LogP contribution >= 0.6 is 27.5 Å². The van der Waals surface area contributed by atoms with E-state index in [0.717, 1.165) is 44.5 Å². The molecule has 0 radical (unpaired) electrons. The molecule has 0 fully saturated rings. The number of carbonyl (C=O) groups is 1. The molecule has 1 amide bonds. The Morgan fingerprint density at radius 2 is 1.92 bits per heavy atom. The summed E-state index contributed by atoms with van der Waals surface area (Å²) in [6, 6.07) is 14.0. The Morgan fingerprint density at radius 1 is 1.17 bits per heavy atom. The topological polar surface area (TPSA) is 44.9 Å². The predicted molar refractivity (Wildman–Crippen MR) is 103 cm³/mol. The van der Waals surface area contributed by atoms with Crippen molar-refractivity contribution < 1.29 is 4.79 Å². The fraction of sp³-hybridized carbons (Fsp3) is 0.211. The van der Waals surface area contributed by atoms with E-state index in [1.165, 1.54) is 5.56 Å². The molecule has 0 aliphatic carbocycles. The van der Waals surface area contributed by atoms with E-state index in [4.69, 9.17) is 11.6 Å². The van der Waals surface area contributed by atoms with E-state index in [-0.39, 0.29) is 5.91 Å². The average Bonchev–Trinajstić information content (AvgIpc) is 2.91. The van der Waals surface area contributed by atoms with Crippen molar-refractivity contribution in [1.82, 2.24) is 10.3 Å². The van der Waals surface area contributed by atoms with Gasteiger partial charge in [0, 0.05) is 33.1 Å². The zero-order valence-electron chi connectivity index (χ0n) is 13.3. The zero-order valence-corrected chi connectivity index (χ0v) is 15.7. The van der Waals surface area contributed by atoms with Crippen LogP contribution in [0.5, 0.6) is 0 Å². The minimum absolute atomic E-state index is 0.0200. The van der Waals surface area contributed by atoms with Crippen molar-refractivity contribution in [3.8, 4) is 0 Å². The highest BCUT2D eigenvalue weighted by molar-refractivity contribution is 9.10. The van der Waals surface area contributed by atoms with Crippen molar-refractivity contribution in [3.63, 3.8) is 0 Å². The Morgan fingerprint density at radius 3 is 2.62 bits per heavy atom. The lowest BCUT2D eigenvalue weighted by molar-refractivity contribution is -0.119. The molecule has 1 heterocycles. The predicted octanol–water partition coefficient (Wildman–Crippen LogP) is 4.66. The number of fused-ring (bicyclic) bond motifs is 1. The van der Waals surface area contributed by atoms with Gasteiger partial charge < -0.3 is 10.3 Å². The van der Waals surface area contributed by atoms with Crippen molar-refractivity contribution in [3.05, 3.63) is 68.8 Å². The molecule has 0 aliphatic heterocycles. The van der Waals surface area contributed by atoms with Crippen molar-refractivity contribution >= 4 is 44.3 Å². The third-order valence-electron chi connectivity index (χ3n) is 4.15. The number of halogens is 2. The monoisotopic (exact) mass is 404 g/mol. The van der Waals surface area contributed by atoms with Gasteiger partial charge in [-0.3, -0.25) is 4.79 Å². The first-order valence-corrected chi connectivity index (χ1v) is 8.98. The van der Waals surface area contributed by atoms with Crippen LogP contribution in [0.3, 0.4) is 0 Å². The average molecular weight is 406 g/mol. The Labute approximate surface area is 154 Å². The summed E-state index contributed by atoms with van der Waals surface area (Å²) in [6.07, 6.45) is 2.13. The molecule has 3 aromatic rings. The summed E-state index contributed by atoms with van der Waals surface area (Å²) in [5, 5.41) is 4.56. The lowest BCUT2D eigenvalue weighted by Gasteiger charge is -2.05. The van der Waals surface area contributed by atoms with E-state index < -0.39 is 0 Å². The van der Waals surface area contributed by atoms with Crippen molar-refractivity contribution in [2.75, 3.05) is 7.05 Å². The van der Waals surface area contributed by atoms with E-state index in [1.54, 1.807) is 7.05 Å². The van der Waals surface area contributed by atoms with E-state index in [9.17, 15) is 4.79 Å². The summed E-state index contributed by atoms with van der Waals surface area (Å²) < 4.78 is 1.02. The maximum absolute atomic E-state index is 11.9. The number of H-pyrrole nitrogens is 1. The van der Waals surface area contributed by atoms with Crippen LogP contribution in [0.15, 0.2) is 46.9 Å². The standard InChI is InChI=1S/C19H18BrClN2O/c1-22-19(24)11-16-15-8-5-13(20)10-18(15)23-17(16)9-4-12-2-6-14(21)7-3-12/h2-3,5-8,10,23H,4,9,11H2,1H3,(H,22,24). The summed E-state index contributed by atoms with van der Waals surface area (Å²) in [5.74, 6) is 0.0200. The molecule has 5 heteroatoms. The molecule has 124 valence electrons. The Balaban J connectivity index is 1.91. The molecule has 3 nitrogen and oxygen atoms in total. The molecule has 2 aromatic carbocycles. The van der Waals surface area contributed by atoms with Gasteiger partial charge in [0.1, 0.15) is 0 Å². The minimum atomic E-state index is 0.0200. The SMILES string of the molecule is CNC(=O)Cc1c(CCc2ccc(Cl)cc2)[nH]c2cc(Br)ccc12. The minimum Gasteiger partial charge on any atom is -0.359 e. The number of amides is 1. The number of likely N-dealkylation sites (N-methyl/N-ethyl adjacent to an activating group) is 1. The van der Waals surface area contributed by atoms with Crippen LogP contribution in [-0.2, 0) is 24.1 Å². The van der Waals surface area contributed by atoms with E-state index in [2.05, 4.69) is 38.4 Å². The highest BCUT2D eigenvalue weighted by atomic mass is 79.9. The van der Waals surface area contributed by atoms with E-state index in [0.29, 0.717) is 6.42 Å². The zero-order chi connectivity index (χ0) is 17.1. The Kier molecular flexibility index (Phi) is 5.27. The van der Waals surface area contributed by atoms with E-state index in [1.807, 2.05) is 30.3 Å². The highest BCUT2D eigenvalue weighted by Crippen LogP contribution is 2.27. The molecule has 1 aromatic heterocycles. The van der Waals surface area contributed by atoms with Gasteiger partial charge in [0.15, 0.2) is 0 Å².